The normalized spacial score (nSPS) is 17.4. The van der Waals surface area contributed by atoms with Crippen molar-refractivity contribution >= 4 is 11.3 Å². The molecule has 1 N–H and O–H groups in total. The molecule has 0 aromatic carbocycles. The maximum absolute atomic E-state index is 4.44. The van der Waals surface area contributed by atoms with E-state index >= 15 is 0 Å². The van der Waals surface area contributed by atoms with Gasteiger partial charge in [0, 0.05) is 29.9 Å². The van der Waals surface area contributed by atoms with E-state index in [0.717, 1.165) is 23.9 Å². The third kappa shape index (κ3) is 3.25. The van der Waals surface area contributed by atoms with E-state index in [1.165, 1.54) is 30.6 Å². The van der Waals surface area contributed by atoms with Crippen LogP contribution >= 0.6 is 11.3 Å². The number of thiophene rings is 1. The molecule has 0 bridgehead atoms. The van der Waals surface area contributed by atoms with Crippen LogP contribution in [0.4, 0.5) is 0 Å². The Hall–Kier alpha value is -1.26. The van der Waals surface area contributed by atoms with Gasteiger partial charge < -0.3 is 5.32 Å². The van der Waals surface area contributed by atoms with Crippen LogP contribution in [0.1, 0.15) is 48.0 Å². The van der Waals surface area contributed by atoms with E-state index < -0.39 is 0 Å². The molecular formula is C16H21N3S. The Morgan fingerprint density at radius 2 is 2.15 bits per heavy atom. The van der Waals surface area contributed by atoms with Crippen molar-refractivity contribution in [2.75, 3.05) is 0 Å². The average molecular weight is 287 g/mol. The molecule has 0 saturated heterocycles. The first-order valence-electron chi connectivity index (χ1n) is 7.37. The zero-order valence-electron chi connectivity index (χ0n) is 11.9. The second-order valence-corrected chi connectivity index (χ2v) is 6.55. The van der Waals surface area contributed by atoms with Gasteiger partial charge in [0.2, 0.25) is 0 Å². The van der Waals surface area contributed by atoms with Gasteiger partial charge in [-0.05, 0) is 37.1 Å². The second-order valence-electron chi connectivity index (χ2n) is 5.57. The number of rotatable bonds is 5. The van der Waals surface area contributed by atoms with E-state index in [9.17, 15) is 0 Å². The van der Waals surface area contributed by atoms with Gasteiger partial charge in [-0.1, -0.05) is 18.9 Å². The van der Waals surface area contributed by atoms with Gasteiger partial charge >= 0.3 is 0 Å². The maximum atomic E-state index is 4.44. The summed E-state index contributed by atoms with van der Waals surface area (Å²) in [6.45, 7) is 2.77. The number of aromatic nitrogens is 2. The Morgan fingerprint density at radius 3 is 2.80 bits per heavy atom. The van der Waals surface area contributed by atoms with Crippen LogP contribution in [0.3, 0.4) is 0 Å². The van der Waals surface area contributed by atoms with E-state index in [4.69, 9.17) is 0 Å². The van der Waals surface area contributed by atoms with Crippen molar-refractivity contribution in [3.63, 3.8) is 0 Å². The summed E-state index contributed by atoms with van der Waals surface area (Å²) >= 11 is 1.86. The van der Waals surface area contributed by atoms with Crippen LogP contribution in [0, 0.1) is 12.8 Å². The van der Waals surface area contributed by atoms with Crippen molar-refractivity contribution in [1.29, 1.82) is 0 Å². The predicted molar refractivity (Wildman–Crippen MR) is 82.6 cm³/mol. The highest BCUT2D eigenvalue weighted by atomic mass is 32.1. The highest BCUT2D eigenvalue weighted by Crippen LogP contribution is 2.37. The Morgan fingerprint density at radius 1 is 1.30 bits per heavy atom. The van der Waals surface area contributed by atoms with Gasteiger partial charge in [0.25, 0.3) is 0 Å². The molecule has 106 valence electrons. The molecule has 0 spiro atoms. The fraction of sp³-hybridized carbons (Fsp3) is 0.500. The zero-order valence-corrected chi connectivity index (χ0v) is 12.7. The molecule has 20 heavy (non-hydrogen) atoms. The number of hydrogen-bond donors (Lipinski definition) is 1. The van der Waals surface area contributed by atoms with Crippen molar-refractivity contribution in [2.45, 2.75) is 45.2 Å². The molecule has 3 rings (SSSR count). The lowest BCUT2D eigenvalue weighted by atomic mass is 9.96. The second kappa shape index (κ2) is 6.46. The van der Waals surface area contributed by atoms with Crippen LogP contribution in [0.2, 0.25) is 0 Å². The van der Waals surface area contributed by atoms with Crippen molar-refractivity contribution in [3.8, 4) is 0 Å². The fourth-order valence-electron chi connectivity index (χ4n) is 2.98. The summed E-state index contributed by atoms with van der Waals surface area (Å²) in [5.74, 6) is 0.770. The molecule has 1 aliphatic carbocycles. The molecule has 2 heterocycles. The van der Waals surface area contributed by atoms with Crippen molar-refractivity contribution in [3.05, 3.63) is 46.2 Å². The third-order valence-corrected chi connectivity index (χ3v) is 5.01. The Kier molecular flexibility index (Phi) is 4.43. The summed E-state index contributed by atoms with van der Waals surface area (Å²) in [5.41, 5.74) is 1.99. The van der Waals surface area contributed by atoms with E-state index in [-0.39, 0.29) is 0 Å². The van der Waals surface area contributed by atoms with E-state index in [0.29, 0.717) is 6.04 Å². The van der Waals surface area contributed by atoms with Crippen molar-refractivity contribution < 1.29 is 0 Å². The average Bonchev–Trinajstić information content (AvgIpc) is 3.14. The molecule has 2 aromatic heterocycles. The molecule has 0 amide bonds. The molecule has 4 heteroatoms. The number of nitrogens with zero attached hydrogens (tertiary/aromatic N) is 2. The number of nitrogens with one attached hydrogen (secondary N) is 1. The monoisotopic (exact) mass is 287 g/mol. The molecular weight excluding hydrogens is 266 g/mol. The summed E-state index contributed by atoms with van der Waals surface area (Å²) in [7, 11) is 0. The Bertz CT molecular complexity index is 515. The molecule has 2 aromatic rings. The van der Waals surface area contributed by atoms with Gasteiger partial charge in [-0.2, -0.15) is 0 Å². The number of hydrogen-bond acceptors (Lipinski definition) is 4. The van der Waals surface area contributed by atoms with E-state index in [1.807, 2.05) is 30.7 Å². The summed E-state index contributed by atoms with van der Waals surface area (Å²) < 4.78 is 0. The molecule has 1 atom stereocenters. The van der Waals surface area contributed by atoms with Gasteiger partial charge in [0.05, 0.1) is 11.4 Å². The maximum Gasteiger partial charge on any atom is 0.0724 e. The minimum Gasteiger partial charge on any atom is -0.303 e. The molecule has 1 fully saturated rings. The minimum atomic E-state index is 0.473. The number of aryl methyl sites for hydroxylation is 1. The fourth-order valence-corrected chi connectivity index (χ4v) is 3.88. The summed E-state index contributed by atoms with van der Waals surface area (Å²) in [5, 5.41) is 5.88. The summed E-state index contributed by atoms with van der Waals surface area (Å²) in [4.78, 5) is 10.2. The van der Waals surface area contributed by atoms with Gasteiger partial charge in [0.1, 0.15) is 0 Å². The predicted octanol–water partition coefficient (Wildman–Crippen LogP) is 3.87. The van der Waals surface area contributed by atoms with Crippen LogP contribution < -0.4 is 5.32 Å². The topological polar surface area (TPSA) is 37.8 Å². The van der Waals surface area contributed by atoms with Crippen LogP contribution in [0.25, 0.3) is 0 Å². The van der Waals surface area contributed by atoms with Gasteiger partial charge in [-0.25, -0.2) is 0 Å². The first kappa shape index (κ1) is 13.7. The molecule has 1 aliphatic rings. The minimum absolute atomic E-state index is 0.473. The van der Waals surface area contributed by atoms with E-state index in [2.05, 4.69) is 32.8 Å². The Balaban J connectivity index is 1.68. The SMILES string of the molecule is Cc1cnc(CNC(c2cccs2)C2CCCC2)cn1. The largest absolute Gasteiger partial charge is 0.303 e. The van der Waals surface area contributed by atoms with Gasteiger partial charge in [-0.3, -0.25) is 9.97 Å². The molecule has 1 saturated carbocycles. The smallest absolute Gasteiger partial charge is 0.0724 e. The quantitative estimate of drug-likeness (QED) is 0.907. The molecule has 0 radical (unpaired) electrons. The highest BCUT2D eigenvalue weighted by Gasteiger charge is 2.26. The first-order chi connectivity index (χ1) is 9.83. The van der Waals surface area contributed by atoms with Gasteiger partial charge in [-0.15, -0.1) is 11.3 Å². The standard InChI is InChI=1S/C16H21N3S/c1-12-9-18-14(10-17-12)11-19-16(13-5-2-3-6-13)15-7-4-8-20-15/h4,7-10,13,16,19H,2-3,5-6,11H2,1H3. The first-order valence-corrected chi connectivity index (χ1v) is 8.25. The lowest BCUT2D eigenvalue weighted by molar-refractivity contribution is 0.369. The van der Waals surface area contributed by atoms with Crippen molar-refractivity contribution in [2.24, 2.45) is 5.92 Å². The lowest BCUT2D eigenvalue weighted by Gasteiger charge is -2.23. The van der Waals surface area contributed by atoms with E-state index in [1.54, 1.807) is 0 Å². The van der Waals surface area contributed by atoms with Crippen LogP contribution in [-0.2, 0) is 6.54 Å². The third-order valence-electron chi connectivity index (χ3n) is 4.06. The molecule has 1 unspecified atom stereocenters. The Labute approximate surface area is 124 Å². The van der Waals surface area contributed by atoms with Crippen LogP contribution in [0.5, 0.6) is 0 Å². The zero-order chi connectivity index (χ0) is 13.8. The molecule has 3 nitrogen and oxygen atoms in total. The van der Waals surface area contributed by atoms with Gasteiger partial charge in [0.15, 0.2) is 0 Å². The van der Waals surface area contributed by atoms with Crippen LogP contribution in [-0.4, -0.2) is 9.97 Å². The van der Waals surface area contributed by atoms with Crippen LogP contribution in [0.15, 0.2) is 29.9 Å². The van der Waals surface area contributed by atoms with Crippen molar-refractivity contribution in [1.82, 2.24) is 15.3 Å². The highest BCUT2D eigenvalue weighted by molar-refractivity contribution is 7.10. The molecule has 0 aliphatic heterocycles. The lowest BCUT2D eigenvalue weighted by Crippen LogP contribution is -2.26. The summed E-state index contributed by atoms with van der Waals surface area (Å²) in [6.07, 6.45) is 9.15. The summed E-state index contributed by atoms with van der Waals surface area (Å²) in [6, 6.07) is 4.87.